The number of rotatable bonds is 10. The van der Waals surface area contributed by atoms with Gasteiger partial charge in [-0.15, -0.1) is 12.6 Å². The Labute approximate surface area is 214 Å². The van der Waals surface area contributed by atoms with Crippen LogP contribution >= 0.6 is 20.4 Å². The topological polar surface area (TPSA) is 156 Å². The van der Waals surface area contributed by atoms with Crippen LogP contribution in [-0.4, -0.2) is 75.3 Å². The van der Waals surface area contributed by atoms with Crippen LogP contribution in [0, 0.1) is 0 Å². The van der Waals surface area contributed by atoms with E-state index in [1.165, 1.54) is 31.0 Å². The minimum atomic E-state index is -4.21. The molecule has 0 radical (unpaired) electrons. The van der Waals surface area contributed by atoms with Crippen molar-refractivity contribution in [3.63, 3.8) is 0 Å². The molecule has 7 atom stereocenters. The van der Waals surface area contributed by atoms with Gasteiger partial charge < -0.3 is 34.4 Å². The van der Waals surface area contributed by atoms with Gasteiger partial charge in [0.05, 0.1) is 12.7 Å². The van der Waals surface area contributed by atoms with E-state index in [9.17, 15) is 24.4 Å². The van der Waals surface area contributed by atoms with Crippen LogP contribution < -0.4 is 14.9 Å². The number of aliphatic hydroxyl groups excluding tert-OH is 1. The Kier molecular flexibility index (Phi) is 9.10. The Balaban J connectivity index is 1.75. The quantitative estimate of drug-likeness (QED) is 0.163. The summed E-state index contributed by atoms with van der Waals surface area (Å²) in [5, 5.41) is 26.8. The molecule has 36 heavy (non-hydrogen) atoms. The van der Waals surface area contributed by atoms with Gasteiger partial charge in [-0.2, -0.15) is 5.09 Å². The average Bonchev–Trinajstić information content (AvgIpc) is 3.01. The van der Waals surface area contributed by atoms with Crippen LogP contribution in [0.4, 0.5) is 0 Å². The van der Waals surface area contributed by atoms with Crippen molar-refractivity contribution in [3.8, 4) is 5.75 Å². The molecule has 2 aliphatic heterocycles. The number of aliphatic hydroxyl groups is 2. The molecule has 1 aromatic carbocycles. The predicted molar refractivity (Wildman–Crippen MR) is 132 cm³/mol. The molecular formula is C22H32N3O9PS. The maximum Gasteiger partial charge on any atom is 0.459 e. The zero-order chi connectivity index (χ0) is 26.7. The summed E-state index contributed by atoms with van der Waals surface area (Å²) >= 11 is 4.28. The summed E-state index contributed by atoms with van der Waals surface area (Å²) in [7, 11) is -4.21. The molecule has 1 fully saturated rings. The van der Waals surface area contributed by atoms with Crippen molar-refractivity contribution in [2.45, 2.75) is 69.4 Å². The van der Waals surface area contributed by atoms with Crippen LogP contribution in [0.15, 0.2) is 42.6 Å². The molecule has 7 unspecified atom stereocenters. The number of esters is 1. The average molecular weight is 546 g/mol. The number of hydrogen-bond donors (Lipinski definition) is 5. The first-order valence-electron chi connectivity index (χ1n) is 11.3. The SMILES string of the molecule is CC(C)OC(=O)C(C)NP(=O)(OCC1OC(N2C=CC(=O)NC2S)C(C)(O)C1O)Oc1ccccc1. The summed E-state index contributed by atoms with van der Waals surface area (Å²) in [5.41, 5.74) is -2.64. The fourth-order valence-corrected chi connectivity index (χ4v) is 5.43. The molecule has 2 heterocycles. The zero-order valence-electron chi connectivity index (χ0n) is 20.3. The number of nitrogens with zero attached hydrogens (tertiary/aromatic N) is 1. The molecule has 14 heteroatoms. The molecule has 0 spiro atoms. The van der Waals surface area contributed by atoms with Crippen molar-refractivity contribution in [1.82, 2.24) is 15.3 Å². The second-order valence-corrected chi connectivity index (χ2v) is 11.1. The lowest BCUT2D eigenvalue weighted by Crippen LogP contribution is -2.57. The molecule has 200 valence electrons. The van der Waals surface area contributed by atoms with E-state index in [1.54, 1.807) is 44.2 Å². The van der Waals surface area contributed by atoms with E-state index in [4.69, 9.17) is 18.5 Å². The van der Waals surface area contributed by atoms with Crippen molar-refractivity contribution in [3.05, 3.63) is 42.6 Å². The third kappa shape index (κ3) is 6.80. The fraction of sp³-hybridized carbons (Fsp3) is 0.545. The second kappa shape index (κ2) is 11.5. The summed E-state index contributed by atoms with van der Waals surface area (Å²) < 4.78 is 35.8. The lowest BCUT2D eigenvalue weighted by molar-refractivity contribution is -0.149. The van der Waals surface area contributed by atoms with Gasteiger partial charge >= 0.3 is 13.7 Å². The van der Waals surface area contributed by atoms with E-state index in [1.807, 2.05) is 0 Å². The Morgan fingerprint density at radius 3 is 2.61 bits per heavy atom. The Morgan fingerprint density at radius 1 is 1.33 bits per heavy atom. The van der Waals surface area contributed by atoms with E-state index >= 15 is 0 Å². The first kappa shape index (κ1) is 28.5. The van der Waals surface area contributed by atoms with Crippen LogP contribution in [0.5, 0.6) is 5.75 Å². The number of hydrogen-bond acceptors (Lipinski definition) is 11. The van der Waals surface area contributed by atoms with Gasteiger partial charge in [-0.25, -0.2) is 4.57 Å². The first-order chi connectivity index (χ1) is 16.8. The number of benzene rings is 1. The molecule has 1 amide bonds. The molecule has 1 aromatic rings. The van der Waals surface area contributed by atoms with Crippen molar-refractivity contribution < 1.29 is 42.9 Å². The van der Waals surface area contributed by atoms with Crippen molar-refractivity contribution in [1.29, 1.82) is 0 Å². The van der Waals surface area contributed by atoms with Gasteiger partial charge in [0.2, 0.25) is 5.91 Å². The second-order valence-electron chi connectivity index (χ2n) is 8.88. The highest BCUT2D eigenvalue weighted by atomic mass is 32.1. The van der Waals surface area contributed by atoms with Crippen molar-refractivity contribution in [2.24, 2.45) is 0 Å². The number of nitrogens with one attached hydrogen (secondary N) is 2. The summed E-state index contributed by atoms with van der Waals surface area (Å²) in [6.07, 6.45) is -1.51. The lowest BCUT2D eigenvalue weighted by Gasteiger charge is -2.39. The first-order valence-corrected chi connectivity index (χ1v) is 13.4. The number of thiol groups is 1. The van der Waals surface area contributed by atoms with E-state index in [-0.39, 0.29) is 17.8 Å². The van der Waals surface area contributed by atoms with Gasteiger partial charge in [0.15, 0.2) is 6.23 Å². The maximum absolute atomic E-state index is 13.6. The van der Waals surface area contributed by atoms with Crippen molar-refractivity contribution >= 4 is 32.3 Å². The monoisotopic (exact) mass is 545 g/mol. The number of para-hydroxylation sites is 1. The highest BCUT2D eigenvalue weighted by molar-refractivity contribution is 7.80. The van der Waals surface area contributed by atoms with E-state index in [0.29, 0.717) is 0 Å². The molecule has 0 bridgehead atoms. The summed E-state index contributed by atoms with van der Waals surface area (Å²) in [5.74, 6) is -0.827. The van der Waals surface area contributed by atoms with Crippen LogP contribution in [0.2, 0.25) is 0 Å². The van der Waals surface area contributed by atoms with Crippen LogP contribution in [0.1, 0.15) is 27.7 Å². The standard InChI is InChI=1S/C22H32N3O9PS/c1-13(2)32-19(28)14(3)24-35(30,34-15-8-6-5-7-9-15)31-12-16-18(27)22(4,29)20(33-16)25-11-10-17(26)23-21(25)36/h5-11,13-14,16,18,20-21,27,29,36H,12H2,1-4H3,(H,23,26)(H,24,30). The zero-order valence-corrected chi connectivity index (χ0v) is 22.1. The molecule has 3 rings (SSSR count). The molecule has 2 aliphatic rings. The number of carbonyl (C=O) groups is 2. The summed E-state index contributed by atoms with van der Waals surface area (Å²) in [6, 6.07) is 7.13. The van der Waals surface area contributed by atoms with E-state index < -0.39 is 55.9 Å². The van der Waals surface area contributed by atoms with Crippen LogP contribution in [0.3, 0.4) is 0 Å². The van der Waals surface area contributed by atoms with Gasteiger partial charge in [-0.3, -0.25) is 14.1 Å². The predicted octanol–water partition coefficient (Wildman–Crippen LogP) is 1.12. The Morgan fingerprint density at radius 2 is 2.00 bits per heavy atom. The van der Waals surface area contributed by atoms with Gasteiger partial charge in [-0.1, -0.05) is 18.2 Å². The third-order valence-corrected chi connectivity index (χ3v) is 7.45. The Bertz CT molecular complexity index is 1010. The van der Waals surface area contributed by atoms with E-state index in [2.05, 4.69) is 23.0 Å². The lowest BCUT2D eigenvalue weighted by atomic mass is 9.96. The number of carbonyl (C=O) groups excluding carboxylic acids is 2. The molecule has 0 aliphatic carbocycles. The van der Waals surface area contributed by atoms with Gasteiger partial charge in [-0.05, 0) is 39.8 Å². The molecule has 1 saturated heterocycles. The molecule has 12 nitrogen and oxygen atoms in total. The van der Waals surface area contributed by atoms with Gasteiger partial charge in [0.1, 0.15) is 35.1 Å². The third-order valence-electron chi connectivity index (χ3n) is 5.41. The van der Waals surface area contributed by atoms with Gasteiger partial charge in [0.25, 0.3) is 0 Å². The molecule has 0 aromatic heterocycles. The fourth-order valence-electron chi connectivity index (χ4n) is 3.60. The minimum absolute atomic E-state index is 0.211. The minimum Gasteiger partial charge on any atom is -0.462 e. The van der Waals surface area contributed by atoms with E-state index in [0.717, 1.165) is 0 Å². The molecular weight excluding hydrogens is 513 g/mol. The number of amides is 1. The largest absolute Gasteiger partial charge is 0.462 e. The normalized spacial score (nSPS) is 30.6. The molecule has 0 saturated carbocycles. The summed E-state index contributed by atoms with van der Waals surface area (Å²) in [6.45, 7) is 5.69. The Hall–Kier alpha value is -2.12. The van der Waals surface area contributed by atoms with Crippen LogP contribution in [0.25, 0.3) is 0 Å². The van der Waals surface area contributed by atoms with Gasteiger partial charge in [0, 0.05) is 12.3 Å². The maximum atomic E-state index is 13.6. The number of ether oxygens (including phenoxy) is 2. The van der Waals surface area contributed by atoms with Crippen molar-refractivity contribution in [2.75, 3.05) is 6.61 Å². The van der Waals surface area contributed by atoms with Crippen LogP contribution in [-0.2, 0) is 28.2 Å². The smallest absolute Gasteiger partial charge is 0.459 e. The highest BCUT2D eigenvalue weighted by Gasteiger charge is 2.55. The summed E-state index contributed by atoms with van der Waals surface area (Å²) in [4.78, 5) is 25.3. The highest BCUT2D eigenvalue weighted by Crippen LogP contribution is 2.46. The molecule has 4 N–H and O–H groups in total.